The molecular formula is C32H38F2N2O4. The lowest BCUT2D eigenvalue weighted by Gasteiger charge is -2.41. The van der Waals surface area contributed by atoms with Crippen molar-refractivity contribution in [2.75, 3.05) is 24.6 Å². The van der Waals surface area contributed by atoms with E-state index in [1.807, 2.05) is 0 Å². The third-order valence-corrected chi connectivity index (χ3v) is 7.60. The number of carboxylic acid groups (broad SMARTS) is 1. The largest absolute Gasteiger partial charge is 0.490 e. The van der Waals surface area contributed by atoms with Crippen molar-refractivity contribution in [3.05, 3.63) is 76.6 Å². The van der Waals surface area contributed by atoms with Crippen LogP contribution in [0.5, 0.6) is 5.75 Å². The molecule has 4 rings (SSSR count). The van der Waals surface area contributed by atoms with Gasteiger partial charge in [-0.15, -0.1) is 0 Å². The Bertz CT molecular complexity index is 1370. The fourth-order valence-electron chi connectivity index (χ4n) is 5.19. The second-order valence-electron chi connectivity index (χ2n) is 11.9. The highest BCUT2D eigenvalue weighted by Crippen LogP contribution is 2.44. The molecule has 2 aromatic carbocycles. The minimum Gasteiger partial charge on any atom is -0.490 e. The van der Waals surface area contributed by atoms with Gasteiger partial charge in [0.05, 0.1) is 24.4 Å². The van der Waals surface area contributed by atoms with Gasteiger partial charge in [-0.25, -0.2) is 8.78 Å². The molecule has 1 aromatic heterocycles. The molecule has 1 aliphatic rings. The van der Waals surface area contributed by atoms with Gasteiger partial charge in [0, 0.05) is 36.3 Å². The molecule has 0 spiro atoms. The quantitative estimate of drug-likeness (QED) is 0.318. The molecule has 0 aliphatic carbocycles. The van der Waals surface area contributed by atoms with Crippen LogP contribution in [0.4, 0.5) is 14.5 Å². The third kappa shape index (κ3) is 6.78. The Morgan fingerprint density at radius 1 is 1.10 bits per heavy atom. The monoisotopic (exact) mass is 552 g/mol. The van der Waals surface area contributed by atoms with Gasteiger partial charge in [-0.1, -0.05) is 32.0 Å². The van der Waals surface area contributed by atoms with Crippen LogP contribution in [0.2, 0.25) is 0 Å². The van der Waals surface area contributed by atoms with Crippen molar-refractivity contribution in [1.29, 1.82) is 0 Å². The molecule has 2 N–H and O–H groups in total. The maximum Gasteiger partial charge on any atom is 0.307 e. The van der Waals surface area contributed by atoms with Crippen LogP contribution in [0.15, 0.2) is 42.5 Å². The summed E-state index contributed by atoms with van der Waals surface area (Å²) in [6.07, 6.45) is 2.07. The summed E-state index contributed by atoms with van der Waals surface area (Å²) in [6.45, 7) is 11.1. The summed E-state index contributed by atoms with van der Waals surface area (Å²) < 4.78 is 34.3. The van der Waals surface area contributed by atoms with Crippen LogP contribution < -0.4 is 9.64 Å². The van der Waals surface area contributed by atoms with Crippen LogP contribution in [-0.2, 0) is 23.2 Å². The number of carbonyl (C=O) groups is 1. The summed E-state index contributed by atoms with van der Waals surface area (Å²) in [5.74, 6) is -1.81. The highest BCUT2D eigenvalue weighted by molar-refractivity contribution is 5.87. The molecular weight excluding hydrogens is 514 g/mol. The maximum absolute atomic E-state index is 15.4. The zero-order chi connectivity index (χ0) is 29.2. The molecule has 40 heavy (non-hydrogen) atoms. The zero-order valence-electron chi connectivity index (χ0n) is 23.9. The lowest BCUT2D eigenvalue weighted by atomic mass is 9.81. The summed E-state index contributed by atoms with van der Waals surface area (Å²) in [6, 6.07) is 10.7. The molecule has 8 heteroatoms. The SMILES string of the molecule is Cc1nc(C(C)(C)O)c(-c2ccc(OCCc3ccc(F)cc3)c(F)c2)c(N2CCC(C)(C)CC2)c1CC(=O)O. The van der Waals surface area contributed by atoms with Crippen molar-refractivity contribution >= 4 is 11.7 Å². The maximum atomic E-state index is 15.4. The number of anilines is 1. The van der Waals surface area contributed by atoms with Crippen molar-refractivity contribution < 1.29 is 28.5 Å². The average molecular weight is 553 g/mol. The van der Waals surface area contributed by atoms with Crippen LogP contribution in [0.1, 0.15) is 63.1 Å². The van der Waals surface area contributed by atoms with Crippen LogP contribution in [0, 0.1) is 24.0 Å². The molecule has 1 saturated heterocycles. The lowest BCUT2D eigenvalue weighted by molar-refractivity contribution is -0.136. The molecule has 1 aliphatic heterocycles. The summed E-state index contributed by atoms with van der Waals surface area (Å²) in [5.41, 5.74) is 2.83. The van der Waals surface area contributed by atoms with E-state index in [2.05, 4.69) is 23.7 Å². The first-order valence-corrected chi connectivity index (χ1v) is 13.7. The first kappa shape index (κ1) is 29.5. The van der Waals surface area contributed by atoms with Gasteiger partial charge in [0.2, 0.25) is 0 Å². The van der Waals surface area contributed by atoms with Gasteiger partial charge in [-0.3, -0.25) is 9.78 Å². The highest BCUT2D eigenvalue weighted by Gasteiger charge is 2.34. The number of benzene rings is 2. The average Bonchev–Trinajstić information content (AvgIpc) is 2.86. The number of halogens is 2. The standard InChI is InChI=1S/C32H38F2N2O4/c1-20-24(19-27(37)38)29(36-15-13-31(2,3)14-16-36)28(30(35-20)32(4,5)39)22-8-11-26(25(34)18-22)40-17-12-21-6-9-23(33)10-7-21/h6-11,18,39H,12-17,19H2,1-5H3,(H,37,38). The van der Waals surface area contributed by atoms with E-state index in [1.54, 1.807) is 45.0 Å². The number of hydrogen-bond donors (Lipinski definition) is 2. The van der Waals surface area contributed by atoms with Crippen LogP contribution >= 0.6 is 0 Å². The van der Waals surface area contributed by atoms with E-state index < -0.39 is 17.4 Å². The Morgan fingerprint density at radius 2 is 1.75 bits per heavy atom. The van der Waals surface area contributed by atoms with E-state index in [4.69, 9.17) is 4.74 Å². The van der Waals surface area contributed by atoms with Crippen molar-refractivity contribution in [3.63, 3.8) is 0 Å². The minimum absolute atomic E-state index is 0.0720. The summed E-state index contributed by atoms with van der Waals surface area (Å²) in [7, 11) is 0. The predicted molar refractivity (Wildman–Crippen MR) is 152 cm³/mol. The van der Waals surface area contributed by atoms with E-state index in [-0.39, 0.29) is 30.0 Å². The zero-order valence-corrected chi connectivity index (χ0v) is 23.9. The molecule has 1 fully saturated rings. The normalized spacial score (nSPS) is 15.2. The first-order valence-electron chi connectivity index (χ1n) is 13.7. The summed E-state index contributed by atoms with van der Waals surface area (Å²) in [5, 5.41) is 20.9. The number of pyridine rings is 1. The number of nitrogens with zero attached hydrogens (tertiary/aromatic N) is 2. The fraction of sp³-hybridized carbons (Fsp3) is 0.438. The topological polar surface area (TPSA) is 82.9 Å². The molecule has 214 valence electrons. The van der Waals surface area contributed by atoms with Gasteiger partial charge >= 0.3 is 5.97 Å². The van der Waals surface area contributed by atoms with Crippen LogP contribution in [-0.4, -0.2) is 40.9 Å². The van der Waals surface area contributed by atoms with Crippen molar-refractivity contribution in [1.82, 2.24) is 4.98 Å². The van der Waals surface area contributed by atoms with Gasteiger partial charge in [-0.2, -0.15) is 0 Å². The van der Waals surface area contributed by atoms with E-state index >= 15 is 4.39 Å². The Hall–Kier alpha value is -3.52. The number of aryl methyl sites for hydroxylation is 1. The highest BCUT2D eigenvalue weighted by atomic mass is 19.1. The number of carboxylic acids is 1. The lowest BCUT2D eigenvalue weighted by Crippen LogP contribution is -2.39. The van der Waals surface area contributed by atoms with Crippen LogP contribution in [0.3, 0.4) is 0 Å². The van der Waals surface area contributed by atoms with E-state index in [1.165, 1.54) is 18.2 Å². The van der Waals surface area contributed by atoms with Gasteiger partial charge in [0.25, 0.3) is 0 Å². The predicted octanol–water partition coefficient (Wildman–Crippen LogP) is 6.44. The number of aliphatic carboxylic acids is 1. The molecule has 0 atom stereocenters. The van der Waals surface area contributed by atoms with Gasteiger partial charge in [0.15, 0.2) is 11.6 Å². The van der Waals surface area contributed by atoms with E-state index in [9.17, 15) is 19.4 Å². The number of ether oxygens (including phenoxy) is 1. The van der Waals surface area contributed by atoms with Crippen molar-refractivity contribution in [2.24, 2.45) is 5.41 Å². The second kappa shape index (κ2) is 11.5. The Morgan fingerprint density at radius 3 is 2.33 bits per heavy atom. The smallest absolute Gasteiger partial charge is 0.307 e. The number of aliphatic hydroxyl groups is 1. The van der Waals surface area contributed by atoms with E-state index in [0.717, 1.165) is 18.4 Å². The summed E-state index contributed by atoms with van der Waals surface area (Å²) >= 11 is 0. The number of aromatic nitrogens is 1. The molecule has 2 heterocycles. The molecule has 0 amide bonds. The van der Waals surface area contributed by atoms with Gasteiger partial charge < -0.3 is 19.8 Å². The number of rotatable bonds is 9. The van der Waals surface area contributed by atoms with Crippen molar-refractivity contribution in [2.45, 2.75) is 65.9 Å². The molecule has 0 unspecified atom stereocenters. The molecule has 0 saturated carbocycles. The molecule has 3 aromatic rings. The van der Waals surface area contributed by atoms with Gasteiger partial charge in [-0.05, 0) is 74.4 Å². The second-order valence-corrected chi connectivity index (χ2v) is 11.9. The fourth-order valence-corrected chi connectivity index (χ4v) is 5.19. The molecule has 6 nitrogen and oxygen atoms in total. The minimum atomic E-state index is -1.37. The Labute approximate surface area is 234 Å². The molecule has 0 bridgehead atoms. The van der Waals surface area contributed by atoms with Crippen LogP contribution in [0.25, 0.3) is 11.1 Å². The third-order valence-electron chi connectivity index (χ3n) is 7.60. The first-order chi connectivity index (χ1) is 18.7. The number of piperidine rings is 1. The van der Waals surface area contributed by atoms with E-state index in [0.29, 0.717) is 53.3 Å². The van der Waals surface area contributed by atoms with Gasteiger partial charge in [0.1, 0.15) is 11.4 Å². The Kier molecular flexibility index (Phi) is 8.49. The number of hydrogen-bond acceptors (Lipinski definition) is 5. The molecule has 0 radical (unpaired) electrons. The Balaban J connectivity index is 1.76. The van der Waals surface area contributed by atoms with Crippen molar-refractivity contribution in [3.8, 4) is 16.9 Å². The summed E-state index contributed by atoms with van der Waals surface area (Å²) in [4.78, 5) is 18.8.